The molecular weight excluding hydrogens is 261 g/mol. The Morgan fingerprint density at radius 1 is 1.50 bits per heavy atom. The van der Waals surface area contributed by atoms with Crippen LogP contribution in [0.25, 0.3) is 0 Å². The Balaban J connectivity index is 2.02. The Kier molecular flexibility index (Phi) is 4.53. The largest absolute Gasteiger partial charge is 0.377 e. The molecule has 0 aromatic heterocycles. The summed E-state index contributed by atoms with van der Waals surface area (Å²) >= 11 is 0. The van der Waals surface area contributed by atoms with Gasteiger partial charge in [0, 0.05) is 31.3 Å². The third kappa shape index (κ3) is 3.45. The number of nitro benzene ring substituents is 1. The van der Waals surface area contributed by atoms with E-state index >= 15 is 0 Å². The van der Waals surface area contributed by atoms with Crippen molar-refractivity contribution in [3.63, 3.8) is 0 Å². The van der Waals surface area contributed by atoms with Gasteiger partial charge < -0.3 is 5.32 Å². The predicted molar refractivity (Wildman–Crippen MR) is 75.0 cm³/mol. The van der Waals surface area contributed by atoms with Gasteiger partial charge in [0.2, 0.25) is 0 Å². The van der Waals surface area contributed by atoms with Crippen LogP contribution in [0.3, 0.4) is 0 Å². The van der Waals surface area contributed by atoms with Crippen molar-refractivity contribution in [2.24, 2.45) is 0 Å². The molecule has 0 aliphatic carbocycles. The topological polar surface area (TPSA) is 58.4 Å². The van der Waals surface area contributed by atoms with E-state index in [0.29, 0.717) is 6.54 Å². The van der Waals surface area contributed by atoms with Crippen molar-refractivity contribution in [1.29, 1.82) is 0 Å². The summed E-state index contributed by atoms with van der Waals surface area (Å²) in [5.74, 6) is 2.12. The van der Waals surface area contributed by atoms with Gasteiger partial charge in [-0.15, -0.1) is 6.42 Å². The summed E-state index contributed by atoms with van der Waals surface area (Å²) in [6.45, 7) is 2.29. The van der Waals surface area contributed by atoms with E-state index in [4.69, 9.17) is 6.42 Å². The van der Waals surface area contributed by atoms with Gasteiger partial charge in [0.05, 0.1) is 11.5 Å². The first-order valence-corrected chi connectivity index (χ1v) is 6.46. The number of nitrogens with one attached hydrogen (secondary N) is 1. The zero-order chi connectivity index (χ0) is 14.5. The summed E-state index contributed by atoms with van der Waals surface area (Å²) in [5.41, 5.74) is 0.142. The highest BCUT2D eigenvalue weighted by atomic mass is 19.1. The third-order valence-electron chi connectivity index (χ3n) is 3.42. The maximum atomic E-state index is 13.2. The summed E-state index contributed by atoms with van der Waals surface area (Å²) in [5, 5.41) is 14.0. The lowest BCUT2D eigenvalue weighted by Crippen LogP contribution is -2.39. The highest BCUT2D eigenvalue weighted by molar-refractivity contribution is 5.61. The van der Waals surface area contributed by atoms with Crippen molar-refractivity contribution < 1.29 is 9.31 Å². The van der Waals surface area contributed by atoms with Crippen LogP contribution in [-0.4, -0.2) is 35.5 Å². The van der Waals surface area contributed by atoms with E-state index in [0.717, 1.165) is 32.0 Å². The second-order valence-electron chi connectivity index (χ2n) is 4.82. The van der Waals surface area contributed by atoms with Gasteiger partial charge in [-0.3, -0.25) is 15.0 Å². The molecule has 106 valence electrons. The fraction of sp³-hybridized carbons (Fsp3) is 0.429. The normalized spacial score (nSPS) is 16.6. The summed E-state index contributed by atoms with van der Waals surface area (Å²) in [7, 11) is 0. The molecule has 1 aliphatic heterocycles. The molecule has 0 atom stereocenters. The predicted octanol–water partition coefficient (Wildman–Crippen LogP) is 2.24. The van der Waals surface area contributed by atoms with E-state index in [1.165, 1.54) is 12.1 Å². The number of nitrogens with zero attached hydrogens (tertiary/aromatic N) is 2. The molecule has 1 aromatic carbocycles. The van der Waals surface area contributed by atoms with Gasteiger partial charge in [0.25, 0.3) is 5.69 Å². The Bertz CT molecular complexity index is 534. The summed E-state index contributed by atoms with van der Waals surface area (Å²) in [6.07, 6.45) is 6.92. The minimum atomic E-state index is -0.505. The molecule has 0 radical (unpaired) electrons. The quantitative estimate of drug-likeness (QED) is 0.521. The van der Waals surface area contributed by atoms with Crippen LogP contribution in [0, 0.1) is 28.3 Å². The number of rotatable bonds is 4. The number of piperidine rings is 1. The van der Waals surface area contributed by atoms with Crippen LogP contribution in [-0.2, 0) is 0 Å². The van der Waals surface area contributed by atoms with E-state index in [1.54, 1.807) is 0 Å². The molecule has 0 amide bonds. The number of hydrogen-bond acceptors (Lipinski definition) is 4. The van der Waals surface area contributed by atoms with Crippen molar-refractivity contribution in [1.82, 2.24) is 4.90 Å². The number of likely N-dealkylation sites (tertiary alicyclic amines) is 1. The molecule has 0 saturated carbocycles. The summed E-state index contributed by atoms with van der Waals surface area (Å²) < 4.78 is 13.2. The number of hydrogen-bond donors (Lipinski definition) is 1. The van der Waals surface area contributed by atoms with Crippen molar-refractivity contribution in [2.75, 3.05) is 25.0 Å². The van der Waals surface area contributed by atoms with E-state index in [1.807, 2.05) is 0 Å². The SMILES string of the molecule is C#CCN1CCC(Nc2cc(F)ccc2[N+](=O)[O-])CC1. The molecule has 1 saturated heterocycles. The number of benzene rings is 1. The smallest absolute Gasteiger partial charge is 0.292 e. The molecule has 20 heavy (non-hydrogen) atoms. The molecule has 5 nitrogen and oxygen atoms in total. The highest BCUT2D eigenvalue weighted by Gasteiger charge is 2.22. The van der Waals surface area contributed by atoms with Crippen molar-refractivity contribution >= 4 is 11.4 Å². The Hall–Kier alpha value is -2.13. The minimum absolute atomic E-state index is 0.0996. The molecule has 1 fully saturated rings. The maximum Gasteiger partial charge on any atom is 0.292 e. The van der Waals surface area contributed by atoms with Crippen LogP contribution in [0.2, 0.25) is 0 Å². The van der Waals surface area contributed by atoms with Crippen molar-refractivity contribution in [3.8, 4) is 12.3 Å². The maximum absolute atomic E-state index is 13.2. The van der Waals surface area contributed by atoms with Crippen LogP contribution in [0.15, 0.2) is 18.2 Å². The Morgan fingerprint density at radius 2 is 2.20 bits per heavy atom. The molecule has 1 heterocycles. The molecule has 1 aliphatic rings. The van der Waals surface area contributed by atoms with Crippen LogP contribution in [0.5, 0.6) is 0 Å². The molecule has 2 rings (SSSR count). The summed E-state index contributed by atoms with van der Waals surface area (Å²) in [6, 6.07) is 3.56. The van der Waals surface area contributed by atoms with E-state index in [-0.39, 0.29) is 17.4 Å². The van der Waals surface area contributed by atoms with Gasteiger partial charge in [0.1, 0.15) is 11.5 Å². The lowest BCUT2D eigenvalue weighted by atomic mass is 10.0. The molecule has 1 aromatic rings. The van der Waals surface area contributed by atoms with E-state index in [9.17, 15) is 14.5 Å². The first-order chi connectivity index (χ1) is 9.60. The average molecular weight is 277 g/mol. The fourth-order valence-corrected chi connectivity index (χ4v) is 2.37. The monoisotopic (exact) mass is 277 g/mol. The molecule has 1 N–H and O–H groups in total. The van der Waals surface area contributed by atoms with Gasteiger partial charge in [-0.1, -0.05) is 5.92 Å². The number of terminal acetylenes is 1. The minimum Gasteiger partial charge on any atom is -0.377 e. The first-order valence-electron chi connectivity index (χ1n) is 6.46. The van der Waals surface area contributed by atoms with E-state index < -0.39 is 10.7 Å². The summed E-state index contributed by atoms with van der Waals surface area (Å²) in [4.78, 5) is 12.6. The second-order valence-corrected chi connectivity index (χ2v) is 4.82. The van der Waals surface area contributed by atoms with Gasteiger partial charge in [0.15, 0.2) is 0 Å². The zero-order valence-corrected chi connectivity index (χ0v) is 11.0. The van der Waals surface area contributed by atoms with Crippen LogP contribution in [0.4, 0.5) is 15.8 Å². The number of anilines is 1. The Labute approximate surface area is 116 Å². The third-order valence-corrected chi connectivity index (χ3v) is 3.42. The molecule has 0 unspecified atom stereocenters. The van der Waals surface area contributed by atoms with Gasteiger partial charge in [-0.2, -0.15) is 0 Å². The van der Waals surface area contributed by atoms with Crippen LogP contribution >= 0.6 is 0 Å². The lowest BCUT2D eigenvalue weighted by Gasteiger charge is -2.31. The van der Waals surface area contributed by atoms with Crippen LogP contribution in [0.1, 0.15) is 12.8 Å². The zero-order valence-electron chi connectivity index (χ0n) is 11.0. The van der Waals surface area contributed by atoms with Crippen molar-refractivity contribution in [2.45, 2.75) is 18.9 Å². The fourth-order valence-electron chi connectivity index (χ4n) is 2.37. The number of halogens is 1. The van der Waals surface area contributed by atoms with Gasteiger partial charge in [-0.25, -0.2) is 4.39 Å². The lowest BCUT2D eigenvalue weighted by molar-refractivity contribution is -0.384. The molecule has 6 heteroatoms. The Morgan fingerprint density at radius 3 is 2.80 bits per heavy atom. The van der Waals surface area contributed by atoms with Gasteiger partial charge >= 0.3 is 0 Å². The first kappa shape index (κ1) is 14.3. The standard InChI is InChI=1S/C14H16FN3O2/c1-2-7-17-8-5-12(6-9-17)16-13-10-11(15)3-4-14(13)18(19)20/h1,3-4,10,12,16H,5-9H2. The second kappa shape index (κ2) is 6.35. The molecule has 0 bridgehead atoms. The molecule has 0 spiro atoms. The van der Waals surface area contributed by atoms with Crippen LogP contribution < -0.4 is 5.32 Å². The number of nitro groups is 1. The van der Waals surface area contributed by atoms with E-state index in [2.05, 4.69) is 16.1 Å². The molecular formula is C14H16FN3O2. The van der Waals surface area contributed by atoms with Gasteiger partial charge in [-0.05, 0) is 18.9 Å². The average Bonchev–Trinajstić information content (AvgIpc) is 2.41. The highest BCUT2D eigenvalue weighted by Crippen LogP contribution is 2.27. The van der Waals surface area contributed by atoms with Crippen molar-refractivity contribution in [3.05, 3.63) is 34.1 Å².